The van der Waals surface area contributed by atoms with E-state index in [-0.39, 0.29) is 0 Å². The molecule has 7 heteroatoms. The lowest BCUT2D eigenvalue weighted by Crippen LogP contribution is -2.22. The number of hydrogen-bond donors (Lipinski definition) is 0. The maximum absolute atomic E-state index is 5.70. The largest absolute Gasteiger partial charge is 0.377 e. The molecule has 2 heterocycles. The van der Waals surface area contributed by atoms with Gasteiger partial charge in [-0.15, -0.1) is 5.10 Å². The molecule has 0 aliphatic carbocycles. The second-order valence-electron chi connectivity index (χ2n) is 6.11. The van der Waals surface area contributed by atoms with Crippen LogP contribution in [-0.2, 0) is 16.2 Å². The summed E-state index contributed by atoms with van der Waals surface area (Å²) in [6.45, 7) is 9.65. The highest BCUT2D eigenvalue weighted by Crippen LogP contribution is 2.20. The Morgan fingerprint density at radius 2 is 2.25 bits per heavy atom. The van der Waals surface area contributed by atoms with Crippen LogP contribution >= 0.6 is 15.9 Å². The van der Waals surface area contributed by atoms with Gasteiger partial charge >= 0.3 is 0 Å². The summed E-state index contributed by atoms with van der Waals surface area (Å²) in [6, 6.07) is 1.16. The van der Waals surface area contributed by atoms with E-state index >= 15 is 0 Å². The molecule has 1 aromatic heterocycles. The van der Waals surface area contributed by atoms with Crippen LogP contribution in [0.5, 0.6) is 0 Å². The molecule has 0 atom stereocenters. The van der Waals surface area contributed by atoms with Gasteiger partial charge in [0.15, 0.2) is 10.6 Å². The number of ether oxygens (including phenoxy) is 2. The van der Waals surface area contributed by atoms with Gasteiger partial charge in [0.2, 0.25) is 0 Å². The molecule has 0 amide bonds. The Labute approximate surface area is 129 Å². The molecule has 0 spiro atoms. The van der Waals surface area contributed by atoms with Crippen LogP contribution in [0.2, 0.25) is 25.7 Å². The first-order chi connectivity index (χ1) is 9.46. The molecule has 0 bridgehead atoms. The molecular weight excluding hydrogens is 338 g/mol. The highest BCUT2D eigenvalue weighted by molar-refractivity contribution is 9.10. The minimum atomic E-state index is -1.04. The van der Waals surface area contributed by atoms with Crippen molar-refractivity contribution in [1.29, 1.82) is 0 Å². The van der Waals surface area contributed by atoms with Gasteiger partial charge in [-0.05, 0) is 34.0 Å². The van der Waals surface area contributed by atoms with Gasteiger partial charge in [-0.25, -0.2) is 9.67 Å². The standard InChI is InChI=1S/C13H22BrN3O2Si/c1-20(2,3)9-8-19-10-17-13(14)15-12(16-17)11-4-6-18-7-5-11/h4H,5-10H2,1-3H3. The molecule has 1 aromatic rings. The first kappa shape index (κ1) is 15.9. The van der Waals surface area contributed by atoms with Crippen molar-refractivity contribution in [2.45, 2.75) is 38.8 Å². The topological polar surface area (TPSA) is 49.2 Å². The van der Waals surface area contributed by atoms with Crippen LogP contribution in [0.4, 0.5) is 0 Å². The van der Waals surface area contributed by atoms with Crippen molar-refractivity contribution in [3.8, 4) is 0 Å². The Balaban J connectivity index is 1.89. The average molecular weight is 360 g/mol. The van der Waals surface area contributed by atoms with Crippen LogP contribution in [0.3, 0.4) is 0 Å². The summed E-state index contributed by atoms with van der Waals surface area (Å²) in [5.74, 6) is 0.772. The second kappa shape index (κ2) is 6.97. The van der Waals surface area contributed by atoms with E-state index in [0.717, 1.165) is 37.1 Å². The summed E-state index contributed by atoms with van der Waals surface area (Å²) in [5, 5.41) is 4.49. The quantitative estimate of drug-likeness (QED) is 0.578. The van der Waals surface area contributed by atoms with E-state index in [4.69, 9.17) is 9.47 Å². The fourth-order valence-corrected chi connectivity index (χ4v) is 2.91. The number of hydrogen-bond acceptors (Lipinski definition) is 4. The van der Waals surface area contributed by atoms with Crippen molar-refractivity contribution in [3.05, 3.63) is 16.6 Å². The normalized spacial score (nSPS) is 16.3. The zero-order chi connectivity index (χ0) is 14.6. The van der Waals surface area contributed by atoms with Gasteiger partial charge < -0.3 is 9.47 Å². The first-order valence-electron chi connectivity index (χ1n) is 6.91. The van der Waals surface area contributed by atoms with E-state index in [2.05, 4.69) is 45.7 Å². The van der Waals surface area contributed by atoms with Gasteiger partial charge in [-0.1, -0.05) is 25.7 Å². The SMILES string of the molecule is C[Si](C)(C)CCOCn1nc(C2=CCOCC2)nc1Br. The minimum Gasteiger partial charge on any atom is -0.377 e. The maximum Gasteiger partial charge on any atom is 0.197 e. The van der Waals surface area contributed by atoms with Gasteiger partial charge in [-0.3, -0.25) is 0 Å². The number of aromatic nitrogens is 3. The highest BCUT2D eigenvalue weighted by Gasteiger charge is 2.15. The van der Waals surface area contributed by atoms with Gasteiger partial charge in [-0.2, -0.15) is 0 Å². The molecule has 0 fully saturated rings. The van der Waals surface area contributed by atoms with Crippen LogP contribution in [0.25, 0.3) is 5.57 Å². The Hall–Kier alpha value is -0.503. The third-order valence-corrected chi connectivity index (χ3v) is 5.38. The molecule has 1 aliphatic rings. The summed E-state index contributed by atoms with van der Waals surface area (Å²) in [6.07, 6.45) is 2.91. The van der Waals surface area contributed by atoms with E-state index in [1.165, 1.54) is 0 Å². The summed E-state index contributed by atoms with van der Waals surface area (Å²) in [7, 11) is -1.04. The van der Waals surface area contributed by atoms with Crippen molar-refractivity contribution in [2.24, 2.45) is 0 Å². The Kier molecular flexibility index (Phi) is 5.54. The summed E-state index contributed by atoms with van der Waals surface area (Å²) >= 11 is 3.43. The Morgan fingerprint density at radius 1 is 1.45 bits per heavy atom. The van der Waals surface area contributed by atoms with E-state index < -0.39 is 8.07 Å². The van der Waals surface area contributed by atoms with E-state index in [0.29, 0.717) is 18.1 Å². The number of halogens is 1. The fourth-order valence-electron chi connectivity index (χ4n) is 1.80. The lowest BCUT2D eigenvalue weighted by Gasteiger charge is -2.15. The van der Waals surface area contributed by atoms with E-state index in [1.807, 2.05) is 6.08 Å². The Bertz CT molecular complexity index is 482. The Morgan fingerprint density at radius 3 is 2.90 bits per heavy atom. The van der Waals surface area contributed by atoms with Crippen molar-refractivity contribution >= 4 is 29.6 Å². The zero-order valence-corrected chi connectivity index (χ0v) is 14.9. The third kappa shape index (κ3) is 4.80. The van der Waals surface area contributed by atoms with Crippen LogP contribution in [0, 0.1) is 0 Å². The molecule has 0 N–H and O–H groups in total. The maximum atomic E-state index is 5.70. The monoisotopic (exact) mass is 359 g/mol. The molecule has 5 nitrogen and oxygen atoms in total. The molecule has 1 aliphatic heterocycles. The summed E-state index contributed by atoms with van der Waals surface area (Å²) < 4.78 is 13.5. The smallest absolute Gasteiger partial charge is 0.197 e. The van der Waals surface area contributed by atoms with E-state index in [1.54, 1.807) is 4.68 Å². The summed E-state index contributed by atoms with van der Waals surface area (Å²) in [4.78, 5) is 4.44. The van der Waals surface area contributed by atoms with Crippen LogP contribution in [0.15, 0.2) is 10.8 Å². The molecule has 0 saturated heterocycles. The number of nitrogens with zero attached hydrogens (tertiary/aromatic N) is 3. The molecule has 0 unspecified atom stereocenters. The van der Waals surface area contributed by atoms with Crippen molar-refractivity contribution < 1.29 is 9.47 Å². The van der Waals surface area contributed by atoms with Gasteiger partial charge in [0.1, 0.15) is 6.73 Å². The molecule has 0 aromatic carbocycles. The van der Waals surface area contributed by atoms with Gasteiger partial charge in [0, 0.05) is 14.7 Å². The van der Waals surface area contributed by atoms with E-state index in [9.17, 15) is 0 Å². The van der Waals surface area contributed by atoms with Crippen LogP contribution < -0.4 is 0 Å². The molecule has 112 valence electrons. The van der Waals surface area contributed by atoms with Crippen LogP contribution in [-0.4, -0.2) is 42.7 Å². The molecule has 0 saturated carbocycles. The predicted octanol–water partition coefficient (Wildman–Crippen LogP) is 3.16. The number of rotatable bonds is 6. The first-order valence-corrected chi connectivity index (χ1v) is 11.4. The lowest BCUT2D eigenvalue weighted by molar-refractivity contribution is 0.0765. The summed E-state index contributed by atoms with van der Waals surface area (Å²) in [5.41, 5.74) is 1.15. The second-order valence-corrected chi connectivity index (χ2v) is 12.4. The fraction of sp³-hybridized carbons (Fsp3) is 0.692. The van der Waals surface area contributed by atoms with Crippen molar-refractivity contribution in [2.75, 3.05) is 19.8 Å². The molecular formula is C13H22BrN3O2Si. The van der Waals surface area contributed by atoms with Crippen molar-refractivity contribution in [3.63, 3.8) is 0 Å². The molecule has 2 rings (SSSR count). The average Bonchev–Trinajstić information content (AvgIpc) is 2.76. The molecule has 0 radical (unpaired) electrons. The lowest BCUT2D eigenvalue weighted by atomic mass is 10.1. The van der Waals surface area contributed by atoms with Crippen molar-refractivity contribution in [1.82, 2.24) is 14.8 Å². The minimum absolute atomic E-state index is 0.446. The van der Waals surface area contributed by atoms with Gasteiger partial charge in [0.05, 0.1) is 13.2 Å². The van der Waals surface area contributed by atoms with Gasteiger partial charge in [0.25, 0.3) is 0 Å². The zero-order valence-electron chi connectivity index (χ0n) is 12.4. The predicted molar refractivity (Wildman–Crippen MR) is 85.2 cm³/mol. The van der Waals surface area contributed by atoms with Crippen LogP contribution in [0.1, 0.15) is 12.2 Å². The molecule has 20 heavy (non-hydrogen) atoms. The highest BCUT2D eigenvalue weighted by atomic mass is 79.9. The third-order valence-electron chi connectivity index (χ3n) is 3.09.